The Balaban J connectivity index is 1.72. The largest absolute Gasteiger partial charge is 0.475 e. The number of benzene rings is 1. The number of aromatic nitrogens is 2. The zero-order valence-electron chi connectivity index (χ0n) is 18.6. The molecule has 0 saturated heterocycles. The van der Waals surface area contributed by atoms with Gasteiger partial charge in [-0.25, -0.2) is 0 Å². The summed E-state index contributed by atoms with van der Waals surface area (Å²) in [7, 11) is -1.71. The van der Waals surface area contributed by atoms with Gasteiger partial charge in [0.05, 0.1) is 36.2 Å². The van der Waals surface area contributed by atoms with E-state index in [1.807, 2.05) is 44.2 Å². The monoisotopic (exact) mass is 453 g/mol. The summed E-state index contributed by atoms with van der Waals surface area (Å²) >= 11 is 0. The van der Waals surface area contributed by atoms with Gasteiger partial charge >= 0.3 is 7.12 Å². The summed E-state index contributed by atoms with van der Waals surface area (Å²) in [5.41, 5.74) is 0.331. The third kappa shape index (κ3) is 6.59. The van der Waals surface area contributed by atoms with Gasteiger partial charge in [-0.05, 0) is 24.0 Å². The molecule has 1 unspecified atom stereocenters. The summed E-state index contributed by atoms with van der Waals surface area (Å²) in [5.74, 6) is -1.56. The molecule has 33 heavy (non-hydrogen) atoms. The topological polar surface area (TPSA) is 146 Å². The first-order valence-corrected chi connectivity index (χ1v) is 10.8. The quantitative estimate of drug-likeness (QED) is 0.384. The Morgan fingerprint density at radius 3 is 2.58 bits per heavy atom. The number of amides is 2. The van der Waals surface area contributed by atoms with Crippen LogP contribution in [0.5, 0.6) is 0 Å². The van der Waals surface area contributed by atoms with Crippen molar-refractivity contribution in [1.82, 2.24) is 20.8 Å². The van der Waals surface area contributed by atoms with Gasteiger partial charge in [-0.3, -0.25) is 9.59 Å². The summed E-state index contributed by atoms with van der Waals surface area (Å²) in [6.07, 6.45) is 3.52. The highest BCUT2D eigenvalue weighted by Gasteiger charge is 2.48. The number of carbonyl (C=O) groups is 2. The second kappa shape index (κ2) is 11.0. The van der Waals surface area contributed by atoms with Gasteiger partial charge in [0.25, 0.3) is 11.8 Å². The summed E-state index contributed by atoms with van der Waals surface area (Å²) in [4.78, 5) is 31.3. The molecule has 1 aliphatic rings. The molecule has 0 fully saturated rings. The molecular formula is C22H28BN5O5. The molecule has 2 aromatic rings. The predicted molar refractivity (Wildman–Crippen MR) is 122 cm³/mol. The molecule has 0 saturated carbocycles. The van der Waals surface area contributed by atoms with Gasteiger partial charge in [0.15, 0.2) is 0 Å². The SMILES string of the molecule is CC(C)C[C@H](NC(=O)C1(Cc2ccccc2)CC(CNC(=O)c2ccnnc2)=NO1)B(O)O. The number of nitrogens with one attached hydrogen (secondary N) is 2. The number of hydrogen-bond acceptors (Lipinski definition) is 8. The van der Waals surface area contributed by atoms with Crippen LogP contribution >= 0.6 is 0 Å². The third-order valence-electron chi connectivity index (χ3n) is 5.29. The van der Waals surface area contributed by atoms with Crippen molar-refractivity contribution in [3.8, 4) is 0 Å². The first kappa shape index (κ1) is 24.3. The van der Waals surface area contributed by atoms with E-state index in [0.717, 1.165) is 5.56 Å². The molecule has 10 nitrogen and oxygen atoms in total. The lowest BCUT2D eigenvalue weighted by molar-refractivity contribution is -0.144. The maximum atomic E-state index is 13.3. The maximum absolute atomic E-state index is 13.3. The lowest BCUT2D eigenvalue weighted by Crippen LogP contribution is -2.56. The van der Waals surface area contributed by atoms with Crippen LogP contribution in [0.25, 0.3) is 0 Å². The van der Waals surface area contributed by atoms with Gasteiger partial charge in [0.2, 0.25) is 5.60 Å². The molecular weight excluding hydrogens is 425 g/mol. The van der Waals surface area contributed by atoms with Crippen LogP contribution in [0.2, 0.25) is 0 Å². The molecule has 3 rings (SSSR count). The van der Waals surface area contributed by atoms with Crippen LogP contribution in [0.1, 0.15) is 42.6 Å². The summed E-state index contributed by atoms with van der Waals surface area (Å²) < 4.78 is 0. The van der Waals surface area contributed by atoms with E-state index in [9.17, 15) is 19.6 Å². The van der Waals surface area contributed by atoms with E-state index in [-0.39, 0.29) is 31.2 Å². The average Bonchev–Trinajstić information content (AvgIpc) is 3.22. The van der Waals surface area contributed by atoms with E-state index < -0.39 is 24.6 Å². The predicted octanol–water partition coefficient (Wildman–Crippen LogP) is 0.507. The van der Waals surface area contributed by atoms with Crippen molar-refractivity contribution >= 4 is 24.6 Å². The first-order chi connectivity index (χ1) is 15.8. The summed E-state index contributed by atoms with van der Waals surface area (Å²) in [6, 6.07) is 10.9. The Morgan fingerprint density at radius 2 is 1.94 bits per heavy atom. The molecule has 174 valence electrons. The van der Waals surface area contributed by atoms with Crippen molar-refractivity contribution in [2.75, 3.05) is 6.54 Å². The normalized spacial score (nSPS) is 18.3. The summed E-state index contributed by atoms with van der Waals surface area (Å²) in [6.45, 7) is 3.94. The van der Waals surface area contributed by atoms with E-state index in [0.29, 0.717) is 17.7 Å². The number of oxime groups is 1. The first-order valence-electron chi connectivity index (χ1n) is 10.8. The van der Waals surface area contributed by atoms with Crippen molar-refractivity contribution in [2.24, 2.45) is 11.1 Å². The highest BCUT2D eigenvalue weighted by molar-refractivity contribution is 6.43. The molecule has 0 spiro atoms. The standard InChI is InChI=1S/C22H28BN5O5/c1-15(2)10-19(23(31)32)27-21(30)22(11-16-6-4-3-5-7-16)12-18(28-33-22)14-24-20(29)17-8-9-25-26-13-17/h3-9,13,15,19,31-32H,10-12,14H2,1-2H3,(H,24,29)(H,27,30)/t19-,22?/m0/s1. The van der Waals surface area contributed by atoms with Gasteiger partial charge < -0.3 is 25.5 Å². The summed E-state index contributed by atoms with van der Waals surface area (Å²) in [5, 5.41) is 36.4. The Bertz CT molecular complexity index is 974. The van der Waals surface area contributed by atoms with E-state index in [4.69, 9.17) is 4.84 Å². The number of hydrogen-bond donors (Lipinski definition) is 4. The number of rotatable bonds is 10. The minimum absolute atomic E-state index is 0.0863. The van der Waals surface area contributed by atoms with E-state index in [2.05, 4.69) is 26.0 Å². The van der Waals surface area contributed by atoms with Gasteiger partial charge in [0.1, 0.15) is 0 Å². The second-order valence-corrected chi connectivity index (χ2v) is 8.52. The molecule has 1 aliphatic heterocycles. The van der Waals surface area contributed by atoms with Crippen LogP contribution < -0.4 is 10.6 Å². The third-order valence-corrected chi connectivity index (χ3v) is 5.29. The Morgan fingerprint density at radius 1 is 1.18 bits per heavy atom. The van der Waals surface area contributed by atoms with Crippen molar-refractivity contribution in [1.29, 1.82) is 0 Å². The number of carbonyl (C=O) groups excluding carboxylic acids is 2. The van der Waals surface area contributed by atoms with Gasteiger partial charge in [-0.15, -0.1) is 0 Å². The molecule has 0 aliphatic carbocycles. The molecule has 0 radical (unpaired) electrons. The highest BCUT2D eigenvalue weighted by Crippen LogP contribution is 2.29. The number of nitrogens with zero attached hydrogens (tertiary/aromatic N) is 3. The van der Waals surface area contributed by atoms with Crippen LogP contribution in [0.15, 0.2) is 53.9 Å². The van der Waals surface area contributed by atoms with Gasteiger partial charge in [-0.2, -0.15) is 10.2 Å². The Kier molecular flexibility index (Phi) is 8.13. The zero-order chi connectivity index (χ0) is 23.8. The lowest BCUT2D eigenvalue weighted by Gasteiger charge is -2.29. The Hall–Kier alpha value is -3.31. The van der Waals surface area contributed by atoms with Crippen molar-refractivity contribution in [3.63, 3.8) is 0 Å². The maximum Gasteiger partial charge on any atom is 0.475 e. The Labute approximate surface area is 192 Å². The smallest absolute Gasteiger partial charge is 0.426 e. The van der Waals surface area contributed by atoms with Crippen molar-refractivity contribution in [3.05, 3.63) is 59.9 Å². The highest BCUT2D eigenvalue weighted by atomic mass is 16.7. The fourth-order valence-corrected chi connectivity index (χ4v) is 3.64. The minimum Gasteiger partial charge on any atom is -0.426 e. The minimum atomic E-state index is -1.71. The van der Waals surface area contributed by atoms with Crippen molar-refractivity contribution in [2.45, 2.75) is 44.7 Å². The van der Waals surface area contributed by atoms with Crippen LogP contribution in [0.4, 0.5) is 0 Å². The molecule has 2 amide bonds. The molecule has 2 heterocycles. The lowest BCUT2D eigenvalue weighted by atomic mass is 9.74. The fourth-order valence-electron chi connectivity index (χ4n) is 3.64. The van der Waals surface area contributed by atoms with E-state index in [1.54, 1.807) is 0 Å². The van der Waals surface area contributed by atoms with Crippen molar-refractivity contribution < 1.29 is 24.5 Å². The van der Waals surface area contributed by atoms with Crippen LogP contribution in [-0.4, -0.2) is 63.0 Å². The molecule has 1 aromatic carbocycles. The fraction of sp³-hybridized carbons (Fsp3) is 0.409. The molecule has 4 N–H and O–H groups in total. The second-order valence-electron chi connectivity index (χ2n) is 8.52. The zero-order valence-corrected chi connectivity index (χ0v) is 18.6. The van der Waals surface area contributed by atoms with Gasteiger partial charge in [-0.1, -0.05) is 49.3 Å². The molecule has 1 aromatic heterocycles. The molecule has 11 heteroatoms. The van der Waals surface area contributed by atoms with Crippen LogP contribution in [0, 0.1) is 5.92 Å². The average molecular weight is 453 g/mol. The molecule has 2 atom stereocenters. The van der Waals surface area contributed by atoms with Crippen LogP contribution in [0.3, 0.4) is 0 Å². The van der Waals surface area contributed by atoms with E-state index in [1.165, 1.54) is 18.5 Å². The van der Waals surface area contributed by atoms with E-state index >= 15 is 0 Å². The van der Waals surface area contributed by atoms with Crippen LogP contribution in [-0.2, 0) is 16.1 Å². The van der Waals surface area contributed by atoms with Gasteiger partial charge in [0, 0.05) is 12.8 Å². The molecule has 0 bridgehead atoms.